The lowest BCUT2D eigenvalue weighted by Crippen LogP contribution is -2.31. The van der Waals surface area contributed by atoms with Gasteiger partial charge in [0.25, 0.3) is 5.91 Å². The summed E-state index contributed by atoms with van der Waals surface area (Å²) >= 11 is 0. The lowest BCUT2D eigenvalue weighted by molar-refractivity contribution is 0.0948. The quantitative estimate of drug-likeness (QED) is 0.841. The molecule has 1 atom stereocenters. The molecule has 2 N–H and O–H groups in total. The van der Waals surface area contributed by atoms with Crippen molar-refractivity contribution in [2.75, 3.05) is 42.5 Å². The highest BCUT2D eigenvalue weighted by Crippen LogP contribution is 2.26. The summed E-state index contributed by atoms with van der Waals surface area (Å²) in [4.78, 5) is 28.5. The zero-order valence-corrected chi connectivity index (χ0v) is 16.1. The first-order valence-corrected chi connectivity index (χ1v) is 9.86. The summed E-state index contributed by atoms with van der Waals surface area (Å²) in [5.74, 6) is 0.354. The van der Waals surface area contributed by atoms with Crippen LogP contribution >= 0.6 is 0 Å². The highest BCUT2D eigenvalue weighted by molar-refractivity contribution is 5.98. The molecule has 2 fully saturated rings. The van der Waals surface area contributed by atoms with Crippen molar-refractivity contribution < 1.29 is 9.59 Å². The number of urea groups is 1. The molecule has 2 aromatic rings. The number of carbonyl (C=O) groups excluding carboxylic acids is 2. The van der Waals surface area contributed by atoms with E-state index >= 15 is 0 Å². The summed E-state index contributed by atoms with van der Waals surface area (Å²) < 4.78 is 0. The van der Waals surface area contributed by atoms with Crippen LogP contribution in [-0.2, 0) is 0 Å². The molecule has 0 saturated carbocycles. The molecular formula is C22H26N4O2. The smallest absolute Gasteiger partial charge is 0.321 e. The van der Waals surface area contributed by atoms with E-state index in [0.29, 0.717) is 31.1 Å². The Morgan fingerprint density at radius 3 is 2.82 bits per heavy atom. The van der Waals surface area contributed by atoms with Crippen LogP contribution in [0.3, 0.4) is 0 Å². The Labute approximate surface area is 165 Å². The standard InChI is InChI=1S/C22H26N4O2/c1-16-5-2-3-8-20(16)25-11-9-17(15-25)14-24-21(27)18-6-4-7-19(13-18)26-12-10-23-22(26)28/h2-8,13,17H,9-12,14-15H2,1H3,(H,23,28)(H,24,27)/t17-/m0/s1. The number of amides is 3. The predicted octanol–water partition coefficient (Wildman–Crippen LogP) is 2.78. The molecule has 146 valence electrons. The molecule has 2 heterocycles. The molecule has 6 nitrogen and oxygen atoms in total. The van der Waals surface area contributed by atoms with E-state index in [1.165, 1.54) is 11.3 Å². The van der Waals surface area contributed by atoms with Crippen LogP contribution in [0.15, 0.2) is 48.5 Å². The third-order valence-corrected chi connectivity index (χ3v) is 5.57. The molecule has 0 radical (unpaired) electrons. The minimum Gasteiger partial charge on any atom is -0.371 e. The lowest BCUT2D eigenvalue weighted by atomic mass is 10.1. The van der Waals surface area contributed by atoms with Crippen molar-refractivity contribution in [3.63, 3.8) is 0 Å². The number of nitrogens with one attached hydrogen (secondary N) is 2. The first kappa shape index (κ1) is 18.3. The molecule has 6 heteroatoms. The Morgan fingerprint density at radius 2 is 2.04 bits per heavy atom. The minimum absolute atomic E-state index is 0.0872. The number of anilines is 2. The fraction of sp³-hybridized carbons (Fsp3) is 0.364. The SMILES string of the molecule is Cc1ccccc1N1CC[C@@H](CNC(=O)c2cccc(N3CCNC3=O)c2)C1. The minimum atomic E-state index is -0.111. The molecule has 2 aliphatic heterocycles. The van der Waals surface area contributed by atoms with E-state index in [1.54, 1.807) is 17.0 Å². The van der Waals surface area contributed by atoms with Crippen LogP contribution in [0, 0.1) is 12.8 Å². The molecule has 0 spiro atoms. The van der Waals surface area contributed by atoms with Crippen LogP contribution < -0.4 is 20.4 Å². The van der Waals surface area contributed by atoms with E-state index in [1.807, 2.05) is 12.1 Å². The summed E-state index contributed by atoms with van der Waals surface area (Å²) in [7, 11) is 0. The Bertz CT molecular complexity index is 882. The fourth-order valence-corrected chi connectivity index (χ4v) is 4.01. The van der Waals surface area contributed by atoms with Gasteiger partial charge >= 0.3 is 6.03 Å². The van der Waals surface area contributed by atoms with Gasteiger partial charge in [-0.3, -0.25) is 9.69 Å². The topological polar surface area (TPSA) is 64.7 Å². The Balaban J connectivity index is 1.34. The normalized spacial score (nSPS) is 19.0. The first-order chi connectivity index (χ1) is 13.6. The maximum Gasteiger partial charge on any atom is 0.321 e. The van der Waals surface area contributed by atoms with Gasteiger partial charge in [-0.1, -0.05) is 24.3 Å². The molecule has 28 heavy (non-hydrogen) atoms. The van der Waals surface area contributed by atoms with Crippen molar-refractivity contribution in [1.82, 2.24) is 10.6 Å². The van der Waals surface area contributed by atoms with E-state index in [4.69, 9.17) is 0 Å². The van der Waals surface area contributed by atoms with Crippen molar-refractivity contribution in [3.8, 4) is 0 Å². The van der Waals surface area contributed by atoms with E-state index in [9.17, 15) is 9.59 Å². The third-order valence-electron chi connectivity index (χ3n) is 5.57. The highest BCUT2D eigenvalue weighted by atomic mass is 16.2. The van der Waals surface area contributed by atoms with Crippen molar-refractivity contribution in [1.29, 1.82) is 0 Å². The van der Waals surface area contributed by atoms with Crippen molar-refractivity contribution in [2.45, 2.75) is 13.3 Å². The van der Waals surface area contributed by atoms with Crippen LogP contribution in [0.4, 0.5) is 16.2 Å². The van der Waals surface area contributed by atoms with E-state index in [0.717, 1.165) is 25.2 Å². The van der Waals surface area contributed by atoms with E-state index in [2.05, 4.69) is 46.7 Å². The maximum absolute atomic E-state index is 12.6. The van der Waals surface area contributed by atoms with Gasteiger partial charge in [-0.2, -0.15) is 0 Å². The average molecular weight is 378 g/mol. The van der Waals surface area contributed by atoms with Gasteiger partial charge in [0.15, 0.2) is 0 Å². The zero-order chi connectivity index (χ0) is 19.5. The molecule has 2 saturated heterocycles. The fourth-order valence-electron chi connectivity index (χ4n) is 4.01. The summed E-state index contributed by atoms with van der Waals surface area (Å²) in [5, 5.41) is 5.85. The summed E-state index contributed by atoms with van der Waals surface area (Å²) in [6.45, 7) is 6.03. The first-order valence-electron chi connectivity index (χ1n) is 9.86. The Kier molecular flexibility index (Phi) is 5.19. The molecule has 3 amide bonds. The van der Waals surface area contributed by atoms with Gasteiger partial charge in [0.05, 0.1) is 0 Å². The monoisotopic (exact) mass is 378 g/mol. The lowest BCUT2D eigenvalue weighted by Gasteiger charge is -2.21. The number of aryl methyl sites for hydroxylation is 1. The number of para-hydroxylation sites is 1. The van der Waals surface area contributed by atoms with Gasteiger partial charge in [0, 0.05) is 49.7 Å². The van der Waals surface area contributed by atoms with Crippen LogP contribution in [0.2, 0.25) is 0 Å². The summed E-state index contributed by atoms with van der Waals surface area (Å²) in [6.07, 6.45) is 1.07. The highest BCUT2D eigenvalue weighted by Gasteiger charge is 2.25. The summed E-state index contributed by atoms with van der Waals surface area (Å²) in [5.41, 5.74) is 3.92. The molecular weight excluding hydrogens is 352 g/mol. The largest absolute Gasteiger partial charge is 0.371 e. The van der Waals surface area contributed by atoms with Crippen LogP contribution in [-0.4, -0.2) is 44.7 Å². The van der Waals surface area contributed by atoms with Gasteiger partial charge in [-0.15, -0.1) is 0 Å². The van der Waals surface area contributed by atoms with E-state index < -0.39 is 0 Å². The van der Waals surface area contributed by atoms with Crippen LogP contribution in [0.25, 0.3) is 0 Å². The van der Waals surface area contributed by atoms with Gasteiger partial charge in [0.2, 0.25) is 0 Å². The molecule has 0 unspecified atom stereocenters. The average Bonchev–Trinajstić information content (AvgIpc) is 3.35. The second kappa shape index (κ2) is 7.92. The maximum atomic E-state index is 12.6. The van der Waals surface area contributed by atoms with E-state index in [-0.39, 0.29) is 11.9 Å². The number of hydrogen-bond acceptors (Lipinski definition) is 3. The summed E-state index contributed by atoms with van der Waals surface area (Å²) in [6, 6.07) is 15.6. The third kappa shape index (κ3) is 3.81. The van der Waals surface area contributed by atoms with Crippen molar-refractivity contribution in [2.24, 2.45) is 5.92 Å². The number of benzene rings is 2. The van der Waals surface area contributed by atoms with Gasteiger partial charge in [-0.25, -0.2) is 4.79 Å². The molecule has 4 rings (SSSR count). The molecule has 2 aliphatic rings. The predicted molar refractivity (Wildman–Crippen MR) is 111 cm³/mol. The number of rotatable bonds is 5. The van der Waals surface area contributed by atoms with Gasteiger partial charge in [0.1, 0.15) is 0 Å². The second-order valence-electron chi connectivity index (χ2n) is 7.53. The molecule has 0 aromatic heterocycles. The van der Waals surface area contributed by atoms with Crippen LogP contribution in [0.5, 0.6) is 0 Å². The molecule has 0 bridgehead atoms. The Morgan fingerprint density at radius 1 is 1.18 bits per heavy atom. The Hall–Kier alpha value is -3.02. The number of hydrogen-bond donors (Lipinski definition) is 2. The zero-order valence-electron chi connectivity index (χ0n) is 16.1. The molecule has 2 aromatic carbocycles. The van der Waals surface area contributed by atoms with Crippen molar-refractivity contribution >= 4 is 23.3 Å². The second-order valence-corrected chi connectivity index (χ2v) is 7.53. The molecule has 0 aliphatic carbocycles. The van der Waals surface area contributed by atoms with Gasteiger partial charge in [-0.05, 0) is 49.1 Å². The number of carbonyl (C=O) groups is 2. The number of nitrogens with zero attached hydrogens (tertiary/aromatic N) is 2. The van der Waals surface area contributed by atoms with Gasteiger partial charge < -0.3 is 15.5 Å². The van der Waals surface area contributed by atoms with Crippen molar-refractivity contribution in [3.05, 3.63) is 59.7 Å². The van der Waals surface area contributed by atoms with Crippen LogP contribution in [0.1, 0.15) is 22.3 Å².